The molecule has 10 rings (SSSR count). The Morgan fingerprint density at radius 1 is 0.480 bits per heavy atom. The maximum absolute atomic E-state index is 5.16. The van der Waals surface area contributed by atoms with E-state index in [0.29, 0.717) is 17.6 Å². The van der Waals surface area contributed by atoms with Gasteiger partial charge >= 0.3 is 0 Å². The van der Waals surface area contributed by atoms with Gasteiger partial charge in [-0.25, -0.2) is 4.98 Å². The Bertz CT molecular complexity index is 2670. The molecule has 0 radical (unpaired) electrons. The minimum atomic E-state index is 0.128. The van der Waals surface area contributed by atoms with E-state index >= 15 is 0 Å². The SMILES string of the molecule is C1=Cc2c(n(-c3ccccc3)c3ccccc23)C(c2cccc3c2c2ccccc2n3-c2nc(-c3ccccc3)nc(-c3ccccc3)n2)C1. The van der Waals surface area contributed by atoms with Crippen molar-refractivity contribution in [3.05, 3.63) is 181 Å². The monoisotopic (exact) mass is 641 g/mol. The van der Waals surface area contributed by atoms with Gasteiger partial charge in [0.1, 0.15) is 0 Å². The lowest BCUT2D eigenvalue weighted by atomic mass is 9.84. The van der Waals surface area contributed by atoms with Gasteiger partial charge in [0.2, 0.25) is 5.95 Å². The topological polar surface area (TPSA) is 48.5 Å². The second-order valence-corrected chi connectivity index (χ2v) is 12.8. The van der Waals surface area contributed by atoms with Crippen LogP contribution in [0.15, 0.2) is 164 Å². The molecule has 0 spiro atoms. The quantitative estimate of drug-likeness (QED) is 0.188. The number of para-hydroxylation sites is 3. The molecule has 5 nitrogen and oxygen atoms in total. The van der Waals surface area contributed by atoms with E-state index in [2.05, 4.69) is 143 Å². The third-order valence-corrected chi connectivity index (χ3v) is 9.95. The minimum absolute atomic E-state index is 0.128. The fourth-order valence-corrected chi connectivity index (χ4v) is 7.82. The molecule has 9 aromatic rings. The smallest absolute Gasteiger partial charge is 0.238 e. The molecule has 0 amide bonds. The third kappa shape index (κ3) is 4.44. The summed E-state index contributed by atoms with van der Waals surface area (Å²) in [5.74, 6) is 2.02. The lowest BCUT2D eigenvalue weighted by Crippen LogP contribution is -2.11. The van der Waals surface area contributed by atoms with Crippen molar-refractivity contribution in [1.29, 1.82) is 0 Å². The third-order valence-electron chi connectivity index (χ3n) is 9.95. The van der Waals surface area contributed by atoms with E-state index in [-0.39, 0.29) is 5.92 Å². The van der Waals surface area contributed by atoms with E-state index in [9.17, 15) is 0 Å². The van der Waals surface area contributed by atoms with Crippen molar-refractivity contribution in [2.75, 3.05) is 0 Å². The lowest BCUT2D eigenvalue weighted by molar-refractivity contribution is 0.770. The van der Waals surface area contributed by atoms with Crippen LogP contribution in [0.2, 0.25) is 0 Å². The molecule has 3 heterocycles. The highest BCUT2D eigenvalue weighted by molar-refractivity contribution is 6.11. The molecule has 5 heteroatoms. The number of benzene rings is 6. The lowest BCUT2D eigenvalue weighted by Gasteiger charge is -2.24. The van der Waals surface area contributed by atoms with Crippen LogP contribution in [0.3, 0.4) is 0 Å². The maximum Gasteiger partial charge on any atom is 0.238 e. The Morgan fingerprint density at radius 2 is 1.04 bits per heavy atom. The Morgan fingerprint density at radius 3 is 1.72 bits per heavy atom. The summed E-state index contributed by atoms with van der Waals surface area (Å²) >= 11 is 0. The Balaban J connectivity index is 1.25. The maximum atomic E-state index is 5.16. The van der Waals surface area contributed by atoms with Gasteiger partial charge in [0, 0.05) is 50.1 Å². The molecule has 0 N–H and O–H groups in total. The largest absolute Gasteiger partial charge is 0.312 e. The van der Waals surface area contributed by atoms with Crippen LogP contribution in [0.1, 0.15) is 29.2 Å². The van der Waals surface area contributed by atoms with Crippen LogP contribution < -0.4 is 0 Å². The van der Waals surface area contributed by atoms with Crippen LogP contribution in [-0.2, 0) is 0 Å². The number of aromatic nitrogens is 5. The summed E-state index contributed by atoms with van der Waals surface area (Å²) in [6.45, 7) is 0. The molecule has 0 saturated carbocycles. The summed E-state index contributed by atoms with van der Waals surface area (Å²) in [6.07, 6.45) is 5.56. The van der Waals surface area contributed by atoms with Crippen LogP contribution in [0.25, 0.3) is 73.2 Å². The summed E-state index contributed by atoms with van der Waals surface area (Å²) in [7, 11) is 0. The zero-order valence-electron chi connectivity index (χ0n) is 27.2. The number of fused-ring (bicyclic) bond motifs is 6. The molecule has 6 aromatic carbocycles. The van der Waals surface area contributed by atoms with Crippen molar-refractivity contribution >= 4 is 38.8 Å². The Hall–Kier alpha value is -6.59. The van der Waals surface area contributed by atoms with Crippen molar-refractivity contribution in [2.45, 2.75) is 12.3 Å². The van der Waals surface area contributed by atoms with Gasteiger partial charge < -0.3 is 4.57 Å². The predicted molar refractivity (Wildman–Crippen MR) is 204 cm³/mol. The molecular formula is C45H31N5. The first-order valence-corrected chi connectivity index (χ1v) is 17.1. The summed E-state index contributed by atoms with van der Waals surface area (Å²) in [5, 5.41) is 3.68. The summed E-state index contributed by atoms with van der Waals surface area (Å²) in [5.41, 5.74) is 10.3. The molecule has 1 atom stereocenters. The zero-order valence-corrected chi connectivity index (χ0v) is 27.2. The van der Waals surface area contributed by atoms with Crippen molar-refractivity contribution in [1.82, 2.24) is 24.1 Å². The Kier molecular flexibility index (Phi) is 6.56. The highest BCUT2D eigenvalue weighted by atomic mass is 15.2. The first-order valence-electron chi connectivity index (χ1n) is 17.1. The molecule has 3 aromatic heterocycles. The predicted octanol–water partition coefficient (Wildman–Crippen LogP) is 10.8. The Labute approximate surface area is 289 Å². The first kappa shape index (κ1) is 28.4. The van der Waals surface area contributed by atoms with Gasteiger partial charge in [0.25, 0.3) is 0 Å². The van der Waals surface area contributed by atoms with Gasteiger partial charge in [0.15, 0.2) is 11.6 Å². The second-order valence-electron chi connectivity index (χ2n) is 12.8. The summed E-state index contributed by atoms with van der Waals surface area (Å²) in [4.78, 5) is 15.3. The number of rotatable bonds is 5. The molecule has 0 saturated heterocycles. The average Bonchev–Trinajstić information content (AvgIpc) is 3.72. The molecule has 236 valence electrons. The highest BCUT2D eigenvalue weighted by Gasteiger charge is 2.30. The van der Waals surface area contributed by atoms with Gasteiger partial charge in [-0.3, -0.25) is 4.57 Å². The second kappa shape index (κ2) is 11.5. The van der Waals surface area contributed by atoms with Gasteiger partial charge in [-0.1, -0.05) is 140 Å². The van der Waals surface area contributed by atoms with E-state index in [1.807, 2.05) is 36.4 Å². The van der Waals surface area contributed by atoms with Gasteiger partial charge in [0.05, 0.1) is 16.6 Å². The van der Waals surface area contributed by atoms with Crippen LogP contribution in [0, 0.1) is 0 Å². The fraction of sp³-hybridized carbons (Fsp3) is 0.0444. The van der Waals surface area contributed by atoms with E-state index in [4.69, 9.17) is 15.0 Å². The summed E-state index contributed by atoms with van der Waals surface area (Å²) < 4.78 is 4.70. The van der Waals surface area contributed by atoms with Crippen molar-refractivity contribution in [3.63, 3.8) is 0 Å². The molecule has 1 aliphatic rings. The molecule has 0 bridgehead atoms. The number of hydrogen-bond donors (Lipinski definition) is 0. The zero-order chi connectivity index (χ0) is 33.0. The molecule has 50 heavy (non-hydrogen) atoms. The van der Waals surface area contributed by atoms with Crippen LogP contribution in [0.4, 0.5) is 0 Å². The van der Waals surface area contributed by atoms with Crippen molar-refractivity contribution < 1.29 is 0 Å². The molecular weight excluding hydrogens is 611 g/mol. The number of nitrogens with zero attached hydrogens (tertiary/aromatic N) is 5. The van der Waals surface area contributed by atoms with E-state index < -0.39 is 0 Å². The first-order chi connectivity index (χ1) is 24.8. The van der Waals surface area contributed by atoms with Gasteiger partial charge in [-0.15, -0.1) is 0 Å². The van der Waals surface area contributed by atoms with Crippen molar-refractivity contribution in [3.8, 4) is 34.4 Å². The minimum Gasteiger partial charge on any atom is -0.312 e. The standard InChI is InChI=1S/C45H31N5/c1-4-16-30(17-5-1)43-46-44(31-18-6-2-7-19-31)48-45(47-43)50-39-28-13-11-23-37(39)41-34(24-15-29-40(41)50)36-26-14-25-35-33-22-10-12-27-38(33)49(42(35)36)32-20-8-3-9-21-32/h1-25,27-29,36H,26H2. The molecule has 0 aliphatic heterocycles. The van der Waals surface area contributed by atoms with Gasteiger partial charge in [-0.2, -0.15) is 9.97 Å². The van der Waals surface area contributed by atoms with Crippen LogP contribution in [0.5, 0.6) is 0 Å². The van der Waals surface area contributed by atoms with E-state index in [1.165, 1.54) is 44.2 Å². The van der Waals surface area contributed by atoms with E-state index in [1.54, 1.807) is 0 Å². The normalized spacial score (nSPS) is 14.0. The van der Waals surface area contributed by atoms with Crippen LogP contribution in [-0.4, -0.2) is 24.1 Å². The molecule has 0 fully saturated rings. The average molecular weight is 642 g/mol. The van der Waals surface area contributed by atoms with E-state index in [0.717, 1.165) is 28.6 Å². The van der Waals surface area contributed by atoms with Crippen LogP contribution >= 0.6 is 0 Å². The molecule has 1 aliphatic carbocycles. The number of allylic oxidation sites excluding steroid dienone is 1. The highest BCUT2D eigenvalue weighted by Crippen LogP contribution is 2.46. The fourth-order valence-electron chi connectivity index (χ4n) is 7.82. The summed E-state index contributed by atoms with van der Waals surface area (Å²) in [6, 6.07) is 55.2. The number of hydrogen-bond acceptors (Lipinski definition) is 3. The van der Waals surface area contributed by atoms with Crippen molar-refractivity contribution in [2.24, 2.45) is 0 Å². The van der Waals surface area contributed by atoms with Gasteiger partial charge in [-0.05, 0) is 42.3 Å². The molecule has 1 unspecified atom stereocenters.